The molecule has 2 amide bonds. The molecule has 4 nitrogen and oxygen atoms in total. The van der Waals surface area contributed by atoms with Gasteiger partial charge in [0, 0.05) is 44.5 Å². The highest BCUT2D eigenvalue weighted by Gasteiger charge is 2.14. The van der Waals surface area contributed by atoms with E-state index in [1.807, 2.05) is 29.2 Å². The second-order valence-electron chi connectivity index (χ2n) is 6.11. The van der Waals surface area contributed by atoms with Crippen molar-refractivity contribution in [1.29, 1.82) is 0 Å². The smallest absolute Gasteiger partial charge is 0.222 e. The minimum atomic E-state index is 0.0558. The maximum Gasteiger partial charge on any atom is 0.222 e. The lowest BCUT2D eigenvalue weighted by Crippen LogP contribution is -2.32. The van der Waals surface area contributed by atoms with Gasteiger partial charge in [-0.05, 0) is 37.0 Å². The van der Waals surface area contributed by atoms with Crippen LogP contribution in [0.2, 0.25) is 5.02 Å². The Labute approximate surface area is 150 Å². The van der Waals surface area contributed by atoms with Crippen LogP contribution in [0.25, 0.3) is 0 Å². The van der Waals surface area contributed by atoms with E-state index in [0.29, 0.717) is 30.8 Å². The van der Waals surface area contributed by atoms with E-state index in [1.54, 1.807) is 11.9 Å². The number of hydrogen-bond acceptors (Lipinski definition) is 2. The van der Waals surface area contributed by atoms with Gasteiger partial charge in [-0.3, -0.25) is 9.59 Å². The van der Waals surface area contributed by atoms with E-state index >= 15 is 0 Å². The van der Waals surface area contributed by atoms with Crippen molar-refractivity contribution in [3.8, 4) is 0 Å². The first-order valence-corrected chi connectivity index (χ1v) is 9.11. The second kappa shape index (κ2) is 11.1. The molecule has 0 N–H and O–H groups in total. The fourth-order valence-corrected chi connectivity index (χ4v) is 2.85. The number of rotatable bonds is 10. The van der Waals surface area contributed by atoms with E-state index in [1.165, 1.54) is 0 Å². The average Bonchev–Trinajstić information content (AvgIpc) is 2.54. The highest BCUT2D eigenvalue weighted by atomic mass is 35.5. The fourth-order valence-electron chi connectivity index (χ4n) is 2.64. The fraction of sp³-hybridized carbons (Fsp3) is 0.579. The predicted molar refractivity (Wildman–Crippen MR) is 98.9 cm³/mol. The van der Waals surface area contributed by atoms with E-state index in [2.05, 4.69) is 13.8 Å². The summed E-state index contributed by atoms with van der Waals surface area (Å²) in [5, 5.41) is 0.672. The number of nitrogens with zero attached hydrogens (tertiary/aromatic N) is 2. The minimum Gasteiger partial charge on any atom is -0.343 e. The van der Waals surface area contributed by atoms with Crippen LogP contribution >= 0.6 is 11.6 Å². The van der Waals surface area contributed by atoms with Gasteiger partial charge in [0.1, 0.15) is 0 Å². The molecule has 0 bridgehead atoms. The van der Waals surface area contributed by atoms with Gasteiger partial charge in [0.2, 0.25) is 11.8 Å². The van der Waals surface area contributed by atoms with Gasteiger partial charge in [0.25, 0.3) is 0 Å². The van der Waals surface area contributed by atoms with Crippen LogP contribution in [0.15, 0.2) is 24.3 Å². The highest BCUT2D eigenvalue weighted by Crippen LogP contribution is 2.13. The number of hydrogen-bond donors (Lipinski definition) is 0. The SMILES string of the molecule is CCCN(CCC)C(=O)CCCC(=O)N(C)Cc1cccc(Cl)c1. The zero-order valence-corrected chi connectivity index (χ0v) is 15.8. The molecule has 0 saturated carbocycles. The molecule has 0 aliphatic heterocycles. The number of carbonyl (C=O) groups is 2. The average molecular weight is 353 g/mol. The van der Waals surface area contributed by atoms with Gasteiger partial charge in [-0.2, -0.15) is 0 Å². The lowest BCUT2D eigenvalue weighted by molar-refractivity contribution is -0.132. The van der Waals surface area contributed by atoms with Crippen LogP contribution in [0.1, 0.15) is 51.5 Å². The van der Waals surface area contributed by atoms with E-state index in [0.717, 1.165) is 31.5 Å². The van der Waals surface area contributed by atoms with E-state index in [4.69, 9.17) is 11.6 Å². The van der Waals surface area contributed by atoms with Gasteiger partial charge >= 0.3 is 0 Å². The molecule has 0 spiro atoms. The van der Waals surface area contributed by atoms with Gasteiger partial charge in [-0.15, -0.1) is 0 Å². The Morgan fingerprint density at radius 2 is 1.67 bits per heavy atom. The predicted octanol–water partition coefficient (Wildman–Crippen LogP) is 4.12. The third-order valence-corrected chi connectivity index (χ3v) is 4.09. The summed E-state index contributed by atoms with van der Waals surface area (Å²) in [4.78, 5) is 28.0. The number of halogens is 1. The lowest BCUT2D eigenvalue weighted by Gasteiger charge is -2.22. The summed E-state index contributed by atoms with van der Waals surface area (Å²) >= 11 is 5.96. The van der Waals surface area contributed by atoms with Crippen molar-refractivity contribution in [1.82, 2.24) is 9.80 Å². The molecule has 0 atom stereocenters. The molecule has 0 radical (unpaired) electrons. The van der Waals surface area contributed by atoms with Crippen molar-refractivity contribution in [3.63, 3.8) is 0 Å². The van der Waals surface area contributed by atoms with Crippen LogP contribution in [0.4, 0.5) is 0 Å². The van der Waals surface area contributed by atoms with Crippen LogP contribution in [0.3, 0.4) is 0 Å². The first-order chi connectivity index (χ1) is 11.5. The van der Waals surface area contributed by atoms with Crippen molar-refractivity contribution in [3.05, 3.63) is 34.9 Å². The van der Waals surface area contributed by atoms with Crippen LogP contribution in [0.5, 0.6) is 0 Å². The first kappa shape index (κ1) is 20.5. The molecule has 0 unspecified atom stereocenters. The monoisotopic (exact) mass is 352 g/mol. The molecule has 24 heavy (non-hydrogen) atoms. The third kappa shape index (κ3) is 7.35. The molecule has 1 rings (SSSR count). The topological polar surface area (TPSA) is 40.6 Å². The molecule has 0 aromatic heterocycles. The van der Waals surface area contributed by atoms with Crippen molar-refractivity contribution >= 4 is 23.4 Å². The largest absolute Gasteiger partial charge is 0.343 e. The van der Waals surface area contributed by atoms with Crippen LogP contribution in [-0.4, -0.2) is 41.8 Å². The maximum absolute atomic E-state index is 12.2. The maximum atomic E-state index is 12.2. The Morgan fingerprint density at radius 1 is 1.04 bits per heavy atom. The summed E-state index contributed by atoms with van der Waals surface area (Å²) in [7, 11) is 1.78. The van der Waals surface area contributed by atoms with Crippen molar-refractivity contribution in [2.75, 3.05) is 20.1 Å². The van der Waals surface area contributed by atoms with Crippen molar-refractivity contribution < 1.29 is 9.59 Å². The summed E-state index contributed by atoms with van der Waals surface area (Å²) in [6, 6.07) is 7.51. The summed E-state index contributed by atoms with van der Waals surface area (Å²) in [6.45, 7) is 6.28. The normalized spacial score (nSPS) is 10.5. The summed E-state index contributed by atoms with van der Waals surface area (Å²) in [5.74, 6) is 0.212. The standard InChI is InChI=1S/C19H29ClN2O2/c1-4-12-22(13-5-2)19(24)11-7-10-18(23)21(3)15-16-8-6-9-17(20)14-16/h6,8-9,14H,4-5,7,10-13,15H2,1-3H3. The quantitative estimate of drug-likeness (QED) is 0.635. The van der Waals surface area contributed by atoms with Crippen LogP contribution in [0, 0.1) is 0 Å². The third-order valence-electron chi connectivity index (χ3n) is 3.86. The van der Waals surface area contributed by atoms with E-state index in [9.17, 15) is 9.59 Å². The van der Waals surface area contributed by atoms with Crippen LogP contribution in [-0.2, 0) is 16.1 Å². The van der Waals surface area contributed by atoms with Crippen LogP contribution < -0.4 is 0 Å². The second-order valence-corrected chi connectivity index (χ2v) is 6.55. The number of amides is 2. The molecular weight excluding hydrogens is 324 g/mol. The Balaban J connectivity index is 2.38. The molecule has 5 heteroatoms. The number of carbonyl (C=O) groups excluding carboxylic acids is 2. The van der Waals surface area contributed by atoms with Gasteiger partial charge in [0.05, 0.1) is 0 Å². The molecule has 0 fully saturated rings. The molecule has 1 aromatic carbocycles. The zero-order valence-electron chi connectivity index (χ0n) is 15.1. The lowest BCUT2D eigenvalue weighted by atomic mass is 10.1. The van der Waals surface area contributed by atoms with Crippen molar-refractivity contribution in [2.45, 2.75) is 52.5 Å². The van der Waals surface area contributed by atoms with Gasteiger partial charge in [0.15, 0.2) is 0 Å². The molecular formula is C19H29ClN2O2. The molecule has 0 aliphatic carbocycles. The molecule has 134 valence electrons. The Morgan fingerprint density at radius 3 is 2.25 bits per heavy atom. The molecule has 0 saturated heterocycles. The Bertz CT molecular complexity index is 528. The molecule has 1 aromatic rings. The highest BCUT2D eigenvalue weighted by molar-refractivity contribution is 6.30. The summed E-state index contributed by atoms with van der Waals surface area (Å²) < 4.78 is 0. The Kier molecular flexibility index (Phi) is 9.46. The number of benzene rings is 1. The Hall–Kier alpha value is -1.55. The van der Waals surface area contributed by atoms with Gasteiger partial charge in [-0.1, -0.05) is 37.6 Å². The van der Waals surface area contributed by atoms with E-state index in [-0.39, 0.29) is 11.8 Å². The van der Waals surface area contributed by atoms with Gasteiger partial charge in [-0.25, -0.2) is 0 Å². The van der Waals surface area contributed by atoms with Crippen molar-refractivity contribution in [2.24, 2.45) is 0 Å². The molecule has 0 heterocycles. The van der Waals surface area contributed by atoms with Gasteiger partial charge < -0.3 is 9.80 Å². The summed E-state index contributed by atoms with van der Waals surface area (Å²) in [5.41, 5.74) is 1.01. The zero-order chi connectivity index (χ0) is 17.9. The molecule has 0 aliphatic rings. The summed E-state index contributed by atoms with van der Waals surface area (Å²) in [6.07, 6.45) is 3.37. The minimum absolute atomic E-state index is 0.0558. The first-order valence-electron chi connectivity index (χ1n) is 8.74. The van der Waals surface area contributed by atoms with E-state index < -0.39 is 0 Å².